The molecule has 1 aromatic heterocycles. The van der Waals surface area contributed by atoms with Crippen LogP contribution in [-0.2, 0) is 0 Å². The number of pyridine rings is 1. The molecule has 0 atom stereocenters. The Morgan fingerprint density at radius 2 is 2.00 bits per heavy atom. The Kier molecular flexibility index (Phi) is 4.76. The third kappa shape index (κ3) is 3.36. The molecule has 1 heterocycles. The van der Waals surface area contributed by atoms with Gasteiger partial charge in [-0.2, -0.15) is 5.26 Å². The highest BCUT2D eigenvalue weighted by molar-refractivity contribution is 5.21. The third-order valence-corrected chi connectivity index (χ3v) is 1.03. The van der Waals surface area contributed by atoms with Gasteiger partial charge in [-0.05, 0) is 18.6 Å². The zero-order valence-electron chi connectivity index (χ0n) is 7.13. The summed E-state index contributed by atoms with van der Waals surface area (Å²) in [5, 5.41) is 8.32. The molecule has 1 aromatic rings. The van der Waals surface area contributed by atoms with Crippen LogP contribution in [-0.4, -0.2) is 4.98 Å². The molecule has 0 amide bonds. The van der Waals surface area contributed by atoms with Crippen molar-refractivity contribution in [2.75, 3.05) is 0 Å². The summed E-state index contributed by atoms with van der Waals surface area (Å²) < 4.78 is 0. The standard InChI is InChI=1S/C7H6N2.C2H6/c1-6-2-3-7(4-8)9-5-6;1-2/h2-3,5H,1H3;1-2H3. The third-order valence-electron chi connectivity index (χ3n) is 1.03. The first-order chi connectivity index (χ1) is 5.33. The summed E-state index contributed by atoms with van der Waals surface area (Å²) in [6.07, 6.45) is 1.68. The molecule has 0 saturated heterocycles. The van der Waals surface area contributed by atoms with Crippen LogP contribution in [0.25, 0.3) is 0 Å². The van der Waals surface area contributed by atoms with Crippen LogP contribution >= 0.6 is 0 Å². The highest BCUT2D eigenvalue weighted by Crippen LogP contribution is 1.95. The molecule has 11 heavy (non-hydrogen) atoms. The monoisotopic (exact) mass is 148 g/mol. The van der Waals surface area contributed by atoms with Crippen molar-refractivity contribution in [1.82, 2.24) is 4.98 Å². The highest BCUT2D eigenvalue weighted by atomic mass is 14.7. The normalized spacial score (nSPS) is 7.45. The van der Waals surface area contributed by atoms with Crippen molar-refractivity contribution in [3.63, 3.8) is 0 Å². The summed E-state index contributed by atoms with van der Waals surface area (Å²) in [5.74, 6) is 0. The van der Waals surface area contributed by atoms with Crippen LogP contribution in [0.5, 0.6) is 0 Å². The minimum absolute atomic E-state index is 0.473. The van der Waals surface area contributed by atoms with E-state index in [-0.39, 0.29) is 0 Å². The Labute approximate surface area is 67.5 Å². The van der Waals surface area contributed by atoms with Gasteiger partial charge in [-0.15, -0.1) is 0 Å². The van der Waals surface area contributed by atoms with Crippen LogP contribution in [0.4, 0.5) is 0 Å². The van der Waals surface area contributed by atoms with Gasteiger partial charge in [-0.25, -0.2) is 4.98 Å². The average Bonchev–Trinajstić information content (AvgIpc) is 2.10. The predicted molar refractivity (Wildman–Crippen MR) is 45.0 cm³/mol. The number of aryl methyl sites for hydroxylation is 1. The van der Waals surface area contributed by atoms with E-state index in [2.05, 4.69) is 4.98 Å². The number of rotatable bonds is 0. The van der Waals surface area contributed by atoms with E-state index >= 15 is 0 Å². The van der Waals surface area contributed by atoms with Crippen molar-refractivity contribution >= 4 is 0 Å². The summed E-state index contributed by atoms with van der Waals surface area (Å²) in [4.78, 5) is 3.84. The molecule has 1 rings (SSSR count). The van der Waals surface area contributed by atoms with E-state index in [1.807, 2.05) is 32.9 Å². The van der Waals surface area contributed by atoms with Crippen molar-refractivity contribution in [1.29, 1.82) is 5.26 Å². The first kappa shape index (κ1) is 9.64. The van der Waals surface area contributed by atoms with Crippen molar-refractivity contribution < 1.29 is 0 Å². The van der Waals surface area contributed by atoms with E-state index in [1.54, 1.807) is 12.3 Å². The van der Waals surface area contributed by atoms with E-state index < -0.39 is 0 Å². The smallest absolute Gasteiger partial charge is 0.140 e. The van der Waals surface area contributed by atoms with Crippen LogP contribution in [0, 0.1) is 18.3 Å². The molecule has 0 N–H and O–H groups in total. The van der Waals surface area contributed by atoms with E-state index in [0.717, 1.165) is 5.56 Å². The Morgan fingerprint density at radius 1 is 1.36 bits per heavy atom. The minimum atomic E-state index is 0.473. The number of nitriles is 1. The fourth-order valence-corrected chi connectivity index (χ4v) is 0.534. The molecular formula is C9H12N2. The predicted octanol–water partition coefficient (Wildman–Crippen LogP) is 2.29. The molecule has 0 radical (unpaired) electrons. The molecule has 0 unspecified atom stereocenters. The Bertz CT molecular complexity index is 231. The van der Waals surface area contributed by atoms with Crippen molar-refractivity contribution in [3.05, 3.63) is 29.6 Å². The number of nitrogens with zero attached hydrogens (tertiary/aromatic N) is 2. The highest BCUT2D eigenvalue weighted by Gasteiger charge is 1.86. The van der Waals surface area contributed by atoms with Gasteiger partial charge in [0.25, 0.3) is 0 Å². The molecule has 58 valence electrons. The summed E-state index contributed by atoms with van der Waals surface area (Å²) >= 11 is 0. The maximum atomic E-state index is 8.32. The average molecular weight is 148 g/mol. The lowest BCUT2D eigenvalue weighted by Gasteiger charge is -1.87. The van der Waals surface area contributed by atoms with Gasteiger partial charge in [0.05, 0.1) is 0 Å². The fourth-order valence-electron chi connectivity index (χ4n) is 0.534. The Balaban J connectivity index is 0.000000461. The Hall–Kier alpha value is -1.36. The van der Waals surface area contributed by atoms with E-state index in [0.29, 0.717) is 5.69 Å². The molecule has 0 aromatic carbocycles. The van der Waals surface area contributed by atoms with Gasteiger partial charge >= 0.3 is 0 Å². The maximum Gasteiger partial charge on any atom is 0.140 e. The molecule has 0 aliphatic heterocycles. The van der Waals surface area contributed by atoms with Crippen molar-refractivity contribution in [2.45, 2.75) is 20.8 Å². The largest absolute Gasteiger partial charge is 0.245 e. The fraction of sp³-hybridized carbons (Fsp3) is 0.333. The lowest BCUT2D eigenvalue weighted by atomic mass is 10.3. The first-order valence-corrected chi connectivity index (χ1v) is 3.65. The maximum absolute atomic E-state index is 8.32. The number of hydrogen-bond acceptors (Lipinski definition) is 2. The molecular weight excluding hydrogens is 136 g/mol. The lowest BCUT2D eigenvalue weighted by molar-refractivity contribution is 1.22. The van der Waals surface area contributed by atoms with Crippen LogP contribution in [0.15, 0.2) is 18.3 Å². The second-order valence-electron chi connectivity index (χ2n) is 1.83. The lowest BCUT2D eigenvalue weighted by Crippen LogP contribution is -1.80. The summed E-state index contributed by atoms with van der Waals surface area (Å²) in [6.45, 7) is 5.94. The number of hydrogen-bond donors (Lipinski definition) is 0. The zero-order chi connectivity index (χ0) is 8.69. The zero-order valence-corrected chi connectivity index (χ0v) is 7.13. The van der Waals surface area contributed by atoms with Crippen LogP contribution in [0.1, 0.15) is 25.1 Å². The van der Waals surface area contributed by atoms with E-state index in [9.17, 15) is 0 Å². The van der Waals surface area contributed by atoms with Crippen molar-refractivity contribution in [2.24, 2.45) is 0 Å². The molecule has 2 nitrogen and oxygen atoms in total. The molecule has 0 spiro atoms. The van der Waals surface area contributed by atoms with Gasteiger partial charge < -0.3 is 0 Å². The summed E-state index contributed by atoms with van der Waals surface area (Å²) in [5.41, 5.74) is 1.55. The second-order valence-corrected chi connectivity index (χ2v) is 1.83. The topological polar surface area (TPSA) is 36.7 Å². The molecule has 0 aliphatic rings. The van der Waals surface area contributed by atoms with E-state index in [4.69, 9.17) is 5.26 Å². The van der Waals surface area contributed by atoms with Gasteiger partial charge in [0.15, 0.2) is 0 Å². The van der Waals surface area contributed by atoms with Crippen LogP contribution < -0.4 is 0 Å². The quantitative estimate of drug-likeness (QED) is 0.566. The second kappa shape index (κ2) is 5.43. The molecule has 0 fully saturated rings. The SMILES string of the molecule is CC.Cc1ccc(C#N)nc1. The van der Waals surface area contributed by atoms with Crippen molar-refractivity contribution in [3.8, 4) is 6.07 Å². The first-order valence-electron chi connectivity index (χ1n) is 3.65. The van der Waals surface area contributed by atoms with Gasteiger partial charge in [-0.3, -0.25) is 0 Å². The van der Waals surface area contributed by atoms with Gasteiger partial charge in [0.1, 0.15) is 11.8 Å². The van der Waals surface area contributed by atoms with E-state index in [1.165, 1.54) is 0 Å². The summed E-state index contributed by atoms with van der Waals surface area (Å²) in [7, 11) is 0. The Morgan fingerprint density at radius 3 is 2.36 bits per heavy atom. The van der Waals surface area contributed by atoms with Gasteiger partial charge in [0, 0.05) is 6.20 Å². The summed E-state index contributed by atoms with van der Waals surface area (Å²) in [6, 6.07) is 5.51. The molecule has 2 heteroatoms. The number of aromatic nitrogens is 1. The molecule has 0 bridgehead atoms. The van der Waals surface area contributed by atoms with Gasteiger partial charge in [-0.1, -0.05) is 19.9 Å². The van der Waals surface area contributed by atoms with Crippen LogP contribution in [0.2, 0.25) is 0 Å². The van der Waals surface area contributed by atoms with Crippen LogP contribution in [0.3, 0.4) is 0 Å². The molecule has 0 saturated carbocycles. The minimum Gasteiger partial charge on any atom is -0.245 e. The molecule has 0 aliphatic carbocycles. The van der Waals surface area contributed by atoms with Gasteiger partial charge in [0.2, 0.25) is 0 Å².